The molecule has 0 aromatic heterocycles. The molecule has 0 aliphatic rings. The molecule has 6 heteroatoms. The minimum Gasteiger partial charge on any atom is -0.478 e. The second-order valence-corrected chi connectivity index (χ2v) is 3.69. The second-order valence-electron chi connectivity index (χ2n) is 3.29. The lowest BCUT2D eigenvalue weighted by atomic mass is 10.1. The quantitative estimate of drug-likeness (QED) is 0.662. The van der Waals surface area contributed by atoms with Gasteiger partial charge >= 0.3 is 5.97 Å². The van der Waals surface area contributed by atoms with Crippen LogP contribution in [0.25, 0.3) is 6.08 Å². The maximum Gasteiger partial charge on any atom is 0.335 e. The van der Waals surface area contributed by atoms with E-state index < -0.39 is 10.9 Å². The Bertz CT molecular complexity index is 496. The molecular weight excluding hydrogens is 246 g/mol. The van der Waals surface area contributed by atoms with E-state index in [0.717, 1.165) is 0 Å². The lowest BCUT2D eigenvalue weighted by Crippen LogP contribution is -1.98. The number of halogens is 1. The number of aromatic carboxylic acids is 1. The number of carboxylic acids is 1. The minimum absolute atomic E-state index is 0.0231. The molecular formula is C11H10ClNO4. The summed E-state index contributed by atoms with van der Waals surface area (Å²) in [6, 6.07) is 4.07. The molecule has 0 spiro atoms. The van der Waals surface area contributed by atoms with Gasteiger partial charge in [-0.15, -0.1) is 0 Å². The lowest BCUT2D eigenvalue weighted by molar-refractivity contribution is -0.425. The Labute approximate surface area is 102 Å². The van der Waals surface area contributed by atoms with Crippen LogP contribution >= 0.6 is 11.6 Å². The summed E-state index contributed by atoms with van der Waals surface area (Å²) in [4.78, 5) is 20.8. The van der Waals surface area contributed by atoms with Gasteiger partial charge in [-0.3, -0.25) is 10.1 Å². The van der Waals surface area contributed by atoms with Crippen LogP contribution in [0.2, 0.25) is 5.02 Å². The van der Waals surface area contributed by atoms with Crippen LogP contribution in [-0.2, 0) is 0 Å². The summed E-state index contributed by atoms with van der Waals surface area (Å²) < 4.78 is 0. The van der Waals surface area contributed by atoms with Gasteiger partial charge in [0.1, 0.15) is 0 Å². The molecule has 1 rings (SSSR count). The fourth-order valence-electron chi connectivity index (χ4n) is 1.24. The molecule has 0 saturated heterocycles. The van der Waals surface area contributed by atoms with Crippen molar-refractivity contribution in [2.24, 2.45) is 0 Å². The van der Waals surface area contributed by atoms with Crippen LogP contribution in [0.15, 0.2) is 23.9 Å². The van der Waals surface area contributed by atoms with E-state index >= 15 is 0 Å². The first-order valence-corrected chi connectivity index (χ1v) is 5.21. The molecule has 0 atom stereocenters. The Morgan fingerprint density at radius 1 is 1.59 bits per heavy atom. The van der Waals surface area contributed by atoms with E-state index in [2.05, 4.69) is 0 Å². The van der Waals surface area contributed by atoms with Crippen LogP contribution in [0.5, 0.6) is 0 Å². The van der Waals surface area contributed by atoms with Gasteiger partial charge in [-0.05, 0) is 17.7 Å². The molecule has 0 aliphatic carbocycles. The van der Waals surface area contributed by atoms with Crippen molar-refractivity contribution in [2.45, 2.75) is 13.3 Å². The molecule has 0 saturated carbocycles. The van der Waals surface area contributed by atoms with Crippen LogP contribution in [0.3, 0.4) is 0 Å². The first kappa shape index (κ1) is 13.2. The summed E-state index contributed by atoms with van der Waals surface area (Å²) >= 11 is 5.85. The fourth-order valence-corrected chi connectivity index (χ4v) is 1.48. The summed E-state index contributed by atoms with van der Waals surface area (Å²) in [7, 11) is 0. The molecule has 1 aromatic rings. The van der Waals surface area contributed by atoms with Crippen LogP contribution < -0.4 is 0 Å². The van der Waals surface area contributed by atoms with Crippen molar-refractivity contribution < 1.29 is 14.8 Å². The van der Waals surface area contributed by atoms with Gasteiger partial charge in [0.2, 0.25) is 5.70 Å². The van der Waals surface area contributed by atoms with E-state index in [4.69, 9.17) is 16.7 Å². The fraction of sp³-hybridized carbons (Fsp3) is 0.182. The van der Waals surface area contributed by atoms with Gasteiger partial charge in [0.15, 0.2) is 0 Å². The van der Waals surface area contributed by atoms with Crippen molar-refractivity contribution in [1.29, 1.82) is 0 Å². The molecule has 0 heterocycles. The Morgan fingerprint density at radius 3 is 2.65 bits per heavy atom. The molecule has 0 aliphatic heterocycles. The molecule has 5 nitrogen and oxygen atoms in total. The third-order valence-electron chi connectivity index (χ3n) is 2.17. The van der Waals surface area contributed by atoms with E-state index in [1.807, 2.05) is 0 Å². The third kappa shape index (κ3) is 3.29. The molecule has 0 radical (unpaired) electrons. The molecule has 1 N–H and O–H groups in total. The summed E-state index contributed by atoms with van der Waals surface area (Å²) in [5.41, 5.74) is 0.506. The average molecular weight is 256 g/mol. The summed E-state index contributed by atoms with van der Waals surface area (Å²) in [6.45, 7) is 1.66. The Balaban J connectivity index is 3.16. The second kappa shape index (κ2) is 5.45. The Kier molecular flexibility index (Phi) is 4.23. The number of hydrogen-bond donors (Lipinski definition) is 1. The van der Waals surface area contributed by atoms with Crippen molar-refractivity contribution in [2.75, 3.05) is 0 Å². The number of nitrogens with zero attached hydrogens (tertiary/aromatic N) is 1. The highest BCUT2D eigenvalue weighted by atomic mass is 35.5. The maximum absolute atomic E-state index is 10.7. The van der Waals surface area contributed by atoms with E-state index in [9.17, 15) is 14.9 Å². The van der Waals surface area contributed by atoms with Gasteiger partial charge in [-0.25, -0.2) is 4.79 Å². The zero-order chi connectivity index (χ0) is 13.0. The highest BCUT2D eigenvalue weighted by Gasteiger charge is 2.10. The number of allylic oxidation sites excluding steroid dienone is 1. The number of hydrogen-bond acceptors (Lipinski definition) is 3. The molecule has 90 valence electrons. The molecule has 0 amide bonds. The van der Waals surface area contributed by atoms with Crippen molar-refractivity contribution >= 4 is 23.6 Å². The topological polar surface area (TPSA) is 80.4 Å². The first-order chi connectivity index (χ1) is 7.95. The lowest BCUT2D eigenvalue weighted by Gasteiger charge is -2.01. The van der Waals surface area contributed by atoms with E-state index in [1.165, 1.54) is 24.3 Å². The maximum atomic E-state index is 10.7. The minimum atomic E-state index is -1.09. The van der Waals surface area contributed by atoms with Gasteiger partial charge < -0.3 is 5.11 Å². The highest BCUT2D eigenvalue weighted by Crippen LogP contribution is 2.21. The average Bonchev–Trinajstić information content (AvgIpc) is 2.26. The van der Waals surface area contributed by atoms with E-state index in [1.54, 1.807) is 6.92 Å². The predicted octanol–water partition coefficient (Wildman–Crippen LogP) is 3.07. The monoisotopic (exact) mass is 255 g/mol. The van der Waals surface area contributed by atoms with Crippen molar-refractivity contribution in [3.63, 3.8) is 0 Å². The Hall–Kier alpha value is -1.88. The first-order valence-electron chi connectivity index (χ1n) is 4.83. The van der Waals surface area contributed by atoms with Gasteiger partial charge in [0.05, 0.1) is 10.5 Å². The van der Waals surface area contributed by atoms with Gasteiger partial charge in [0, 0.05) is 17.5 Å². The van der Waals surface area contributed by atoms with Crippen LogP contribution in [0, 0.1) is 10.1 Å². The summed E-state index contributed by atoms with van der Waals surface area (Å²) in [6.07, 6.45) is 1.61. The smallest absolute Gasteiger partial charge is 0.335 e. The molecule has 1 aromatic carbocycles. The zero-order valence-corrected chi connectivity index (χ0v) is 9.77. The third-order valence-corrected chi connectivity index (χ3v) is 2.49. The number of rotatable bonds is 4. The van der Waals surface area contributed by atoms with Gasteiger partial charge in [0.25, 0.3) is 0 Å². The van der Waals surface area contributed by atoms with Gasteiger partial charge in [-0.2, -0.15) is 0 Å². The highest BCUT2D eigenvalue weighted by molar-refractivity contribution is 6.32. The molecule has 0 unspecified atom stereocenters. The summed E-state index contributed by atoms with van der Waals surface area (Å²) in [5.74, 6) is -1.09. The van der Waals surface area contributed by atoms with Crippen LogP contribution in [0.1, 0.15) is 29.3 Å². The molecule has 17 heavy (non-hydrogen) atoms. The van der Waals surface area contributed by atoms with Crippen LogP contribution in [0.4, 0.5) is 0 Å². The van der Waals surface area contributed by atoms with Crippen molar-refractivity contribution in [3.8, 4) is 0 Å². The van der Waals surface area contributed by atoms with E-state index in [-0.39, 0.29) is 22.7 Å². The number of benzene rings is 1. The normalized spacial score (nSPS) is 11.3. The Morgan fingerprint density at radius 2 is 2.24 bits per heavy atom. The predicted molar refractivity (Wildman–Crippen MR) is 63.7 cm³/mol. The number of carboxylic acid groups (broad SMARTS) is 1. The number of carbonyl (C=O) groups is 1. The summed E-state index contributed by atoms with van der Waals surface area (Å²) in [5, 5.41) is 19.5. The van der Waals surface area contributed by atoms with Crippen molar-refractivity contribution in [3.05, 3.63) is 50.2 Å². The van der Waals surface area contributed by atoms with Crippen LogP contribution in [-0.4, -0.2) is 16.0 Å². The SMILES string of the molecule is CC/C(=C/c1ccc(C(=O)O)cc1Cl)[N+](=O)[O-]. The van der Waals surface area contributed by atoms with Crippen molar-refractivity contribution in [1.82, 2.24) is 0 Å². The number of nitro groups is 1. The van der Waals surface area contributed by atoms with Gasteiger partial charge in [-0.1, -0.05) is 24.6 Å². The molecule has 0 fully saturated rings. The molecule has 0 bridgehead atoms. The largest absolute Gasteiger partial charge is 0.478 e. The standard InChI is InChI=1S/C11H10ClNO4/c1-2-9(13(16)17)5-7-3-4-8(11(14)15)6-10(7)12/h3-6H,2H2,1H3,(H,14,15)/b9-5-. The zero-order valence-electron chi connectivity index (χ0n) is 9.01. The van der Waals surface area contributed by atoms with E-state index in [0.29, 0.717) is 5.56 Å².